The van der Waals surface area contributed by atoms with Gasteiger partial charge < -0.3 is 4.90 Å². The molecule has 2 aromatic rings. The molecule has 0 bridgehead atoms. The predicted molar refractivity (Wildman–Crippen MR) is 100.0 cm³/mol. The molecule has 0 aliphatic carbocycles. The summed E-state index contributed by atoms with van der Waals surface area (Å²) in [4.78, 5) is 12.7. The predicted octanol–water partition coefficient (Wildman–Crippen LogP) is 2.72. The van der Waals surface area contributed by atoms with E-state index >= 15 is 0 Å². The van der Waals surface area contributed by atoms with Gasteiger partial charge in [-0.25, -0.2) is 8.42 Å². The van der Waals surface area contributed by atoms with Gasteiger partial charge in [-0.05, 0) is 49.2 Å². The van der Waals surface area contributed by atoms with Gasteiger partial charge in [-0.2, -0.15) is 4.31 Å². The second kappa shape index (κ2) is 7.05. The summed E-state index contributed by atoms with van der Waals surface area (Å²) in [7, 11) is -3.51. The molecule has 0 N–H and O–H groups in total. The molecule has 0 radical (unpaired) electrons. The van der Waals surface area contributed by atoms with Gasteiger partial charge in [0.15, 0.2) is 0 Å². The molecule has 0 aromatic heterocycles. The highest BCUT2D eigenvalue weighted by molar-refractivity contribution is 7.89. The van der Waals surface area contributed by atoms with E-state index in [0.717, 1.165) is 16.8 Å². The number of non-ortho nitro benzene ring substituents is 1. The lowest BCUT2D eigenvalue weighted by Gasteiger charge is -2.35. The zero-order valence-corrected chi connectivity index (χ0v) is 15.6. The van der Waals surface area contributed by atoms with Crippen LogP contribution in [0.4, 0.5) is 11.4 Å². The molecule has 1 aliphatic heterocycles. The first-order valence-electron chi connectivity index (χ1n) is 8.36. The molecule has 1 saturated heterocycles. The van der Waals surface area contributed by atoms with Crippen molar-refractivity contribution in [3.05, 3.63) is 63.7 Å². The number of hydrogen-bond acceptors (Lipinski definition) is 5. The lowest BCUT2D eigenvalue weighted by molar-refractivity contribution is -0.384. The van der Waals surface area contributed by atoms with E-state index in [0.29, 0.717) is 31.1 Å². The number of sulfonamides is 1. The van der Waals surface area contributed by atoms with E-state index < -0.39 is 14.9 Å². The van der Waals surface area contributed by atoms with Crippen LogP contribution in [0, 0.1) is 24.0 Å². The van der Waals surface area contributed by atoms with Crippen LogP contribution in [0.25, 0.3) is 0 Å². The maximum absolute atomic E-state index is 12.8. The molecule has 3 rings (SSSR count). The van der Waals surface area contributed by atoms with E-state index in [2.05, 4.69) is 0 Å². The van der Waals surface area contributed by atoms with Crippen LogP contribution < -0.4 is 4.90 Å². The first kappa shape index (κ1) is 18.3. The fraction of sp³-hybridized carbons (Fsp3) is 0.333. The van der Waals surface area contributed by atoms with Crippen LogP contribution in [0.3, 0.4) is 0 Å². The van der Waals surface area contributed by atoms with Crippen LogP contribution in [0.5, 0.6) is 0 Å². The first-order valence-corrected chi connectivity index (χ1v) is 9.80. The van der Waals surface area contributed by atoms with Crippen LogP contribution in [0.1, 0.15) is 11.1 Å². The largest absolute Gasteiger partial charge is 0.369 e. The number of nitrogens with zero attached hydrogens (tertiary/aromatic N) is 3. The molecule has 26 heavy (non-hydrogen) atoms. The summed E-state index contributed by atoms with van der Waals surface area (Å²) < 4.78 is 27.2. The number of nitro benzene ring substituents is 1. The molecule has 0 amide bonds. The third-order valence-electron chi connectivity index (χ3n) is 4.78. The van der Waals surface area contributed by atoms with Crippen molar-refractivity contribution in [2.75, 3.05) is 31.1 Å². The Morgan fingerprint density at radius 1 is 0.923 bits per heavy atom. The van der Waals surface area contributed by atoms with Crippen molar-refractivity contribution in [2.24, 2.45) is 0 Å². The minimum atomic E-state index is -3.51. The summed E-state index contributed by atoms with van der Waals surface area (Å²) in [6, 6.07) is 11.5. The summed E-state index contributed by atoms with van der Waals surface area (Å²) in [6.07, 6.45) is 0. The zero-order valence-electron chi connectivity index (χ0n) is 14.8. The lowest BCUT2D eigenvalue weighted by Crippen LogP contribution is -2.48. The van der Waals surface area contributed by atoms with Gasteiger partial charge in [-0.3, -0.25) is 10.1 Å². The van der Waals surface area contributed by atoms with E-state index in [1.165, 1.54) is 16.4 Å². The number of rotatable bonds is 4. The van der Waals surface area contributed by atoms with Crippen molar-refractivity contribution >= 4 is 21.4 Å². The Morgan fingerprint density at radius 2 is 1.54 bits per heavy atom. The second-order valence-electron chi connectivity index (χ2n) is 6.41. The fourth-order valence-electron chi connectivity index (χ4n) is 3.00. The zero-order chi connectivity index (χ0) is 18.9. The van der Waals surface area contributed by atoms with Crippen molar-refractivity contribution in [1.82, 2.24) is 4.31 Å². The Hall–Kier alpha value is -2.45. The van der Waals surface area contributed by atoms with Crippen molar-refractivity contribution < 1.29 is 13.3 Å². The third-order valence-corrected chi connectivity index (χ3v) is 6.68. The summed E-state index contributed by atoms with van der Waals surface area (Å²) in [5.74, 6) is 0. The first-order chi connectivity index (χ1) is 12.3. The summed E-state index contributed by atoms with van der Waals surface area (Å²) >= 11 is 0. The van der Waals surface area contributed by atoms with Crippen molar-refractivity contribution in [3.8, 4) is 0 Å². The summed E-state index contributed by atoms with van der Waals surface area (Å²) in [5, 5.41) is 10.7. The fourth-order valence-corrected chi connectivity index (χ4v) is 4.50. The minimum absolute atomic E-state index is 0.0460. The van der Waals surface area contributed by atoms with Crippen molar-refractivity contribution in [1.29, 1.82) is 0 Å². The minimum Gasteiger partial charge on any atom is -0.369 e. The number of piperazine rings is 1. The number of benzene rings is 2. The molecule has 0 unspecified atom stereocenters. The van der Waals surface area contributed by atoms with Gasteiger partial charge in [0.2, 0.25) is 10.0 Å². The van der Waals surface area contributed by atoms with Crippen LogP contribution >= 0.6 is 0 Å². The van der Waals surface area contributed by atoms with Gasteiger partial charge in [0, 0.05) is 44.0 Å². The topological polar surface area (TPSA) is 83.8 Å². The van der Waals surface area contributed by atoms with Gasteiger partial charge in [0.1, 0.15) is 0 Å². The van der Waals surface area contributed by atoms with Gasteiger partial charge >= 0.3 is 0 Å². The highest BCUT2D eigenvalue weighted by atomic mass is 32.2. The molecule has 0 atom stereocenters. The number of hydrogen-bond donors (Lipinski definition) is 0. The maximum atomic E-state index is 12.8. The summed E-state index contributed by atoms with van der Waals surface area (Å²) in [6.45, 7) is 5.71. The molecule has 0 spiro atoms. The van der Waals surface area contributed by atoms with Crippen molar-refractivity contribution in [2.45, 2.75) is 18.7 Å². The molecule has 7 nitrogen and oxygen atoms in total. The van der Waals surface area contributed by atoms with E-state index in [4.69, 9.17) is 0 Å². The number of aryl methyl sites for hydroxylation is 2. The maximum Gasteiger partial charge on any atom is 0.269 e. The number of nitro groups is 1. The molecular formula is C18H21N3O4S. The van der Waals surface area contributed by atoms with E-state index in [1.807, 2.05) is 24.8 Å². The molecule has 1 aliphatic rings. The van der Waals surface area contributed by atoms with E-state index in [1.54, 1.807) is 24.3 Å². The van der Waals surface area contributed by atoms with Gasteiger partial charge in [0.05, 0.1) is 9.82 Å². The SMILES string of the molecule is Cc1ccc(S(=O)(=O)N2CCN(c3ccc([N+](=O)[O-])cc3)CC2)cc1C. The molecule has 1 heterocycles. The molecule has 0 saturated carbocycles. The molecule has 1 fully saturated rings. The van der Waals surface area contributed by atoms with Crippen LogP contribution in [0.15, 0.2) is 47.4 Å². The Morgan fingerprint density at radius 3 is 2.08 bits per heavy atom. The van der Waals surface area contributed by atoms with Gasteiger partial charge in [-0.1, -0.05) is 6.07 Å². The monoisotopic (exact) mass is 375 g/mol. The Labute approximate surface area is 153 Å². The highest BCUT2D eigenvalue weighted by Gasteiger charge is 2.28. The Bertz CT molecular complexity index is 918. The quantitative estimate of drug-likeness (QED) is 0.606. The Balaban J connectivity index is 1.71. The average molecular weight is 375 g/mol. The average Bonchev–Trinajstić information content (AvgIpc) is 2.64. The number of anilines is 1. The van der Waals surface area contributed by atoms with Gasteiger partial charge in [-0.15, -0.1) is 0 Å². The Kier molecular flexibility index (Phi) is 4.97. The molecule has 8 heteroatoms. The highest BCUT2D eigenvalue weighted by Crippen LogP contribution is 2.24. The van der Waals surface area contributed by atoms with Gasteiger partial charge in [0.25, 0.3) is 5.69 Å². The van der Waals surface area contributed by atoms with Crippen LogP contribution in [0.2, 0.25) is 0 Å². The summed E-state index contributed by atoms with van der Waals surface area (Å²) in [5.41, 5.74) is 2.92. The second-order valence-corrected chi connectivity index (χ2v) is 8.35. The lowest BCUT2D eigenvalue weighted by atomic mass is 10.1. The molecule has 138 valence electrons. The smallest absolute Gasteiger partial charge is 0.269 e. The van der Waals surface area contributed by atoms with Crippen LogP contribution in [-0.2, 0) is 10.0 Å². The standard InChI is InChI=1S/C18H21N3O4S/c1-14-3-8-18(13-15(14)2)26(24,25)20-11-9-19(10-12-20)16-4-6-17(7-5-16)21(22)23/h3-8,13H,9-12H2,1-2H3. The van der Waals surface area contributed by atoms with Crippen molar-refractivity contribution in [3.63, 3.8) is 0 Å². The van der Waals surface area contributed by atoms with Crippen LogP contribution in [-0.4, -0.2) is 43.8 Å². The normalized spacial score (nSPS) is 15.8. The van der Waals surface area contributed by atoms with E-state index in [9.17, 15) is 18.5 Å². The van der Waals surface area contributed by atoms with E-state index in [-0.39, 0.29) is 5.69 Å². The third kappa shape index (κ3) is 3.56. The molecular weight excluding hydrogens is 354 g/mol. The molecule has 2 aromatic carbocycles.